The zero-order valence-electron chi connectivity index (χ0n) is 15.8. The standard InChI is InChI=1S/C17H22N2O7S2/c1-24-11-7-15(25-2)13(16(8-11)26-3)10-19-14-6-5-12(28(18,22)23)9-17(14)27(4,20)21/h5-9,19H,10H2,1-4H3,(H2,18,22,23). The van der Waals surface area contributed by atoms with Gasteiger partial charge in [-0.1, -0.05) is 0 Å². The van der Waals surface area contributed by atoms with E-state index < -0.39 is 19.9 Å². The van der Waals surface area contributed by atoms with Gasteiger partial charge in [-0.05, 0) is 18.2 Å². The highest BCUT2D eigenvalue weighted by Crippen LogP contribution is 2.35. The van der Waals surface area contributed by atoms with Gasteiger partial charge < -0.3 is 19.5 Å². The van der Waals surface area contributed by atoms with Gasteiger partial charge in [0.05, 0.1) is 42.4 Å². The lowest BCUT2D eigenvalue weighted by Gasteiger charge is -2.17. The van der Waals surface area contributed by atoms with Crippen molar-refractivity contribution in [3.05, 3.63) is 35.9 Å². The Labute approximate surface area is 164 Å². The van der Waals surface area contributed by atoms with E-state index >= 15 is 0 Å². The minimum absolute atomic E-state index is 0.146. The van der Waals surface area contributed by atoms with Gasteiger partial charge in [0.15, 0.2) is 9.84 Å². The van der Waals surface area contributed by atoms with Crippen LogP contribution in [0.3, 0.4) is 0 Å². The maximum absolute atomic E-state index is 12.1. The summed E-state index contributed by atoms with van der Waals surface area (Å²) in [7, 11) is -3.29. The SMILES string of the molecule is COc1cc(OC)c(CNc2ccc(S(N)(=O)=O)cc2S(C)(=O)=O)c(OC)c1. The molecule has 0 amide bonds. The van der Waals surface area contributed by atoms with Crippen LogP contribution in [0, 0.1) is 0 Å². The van der Waals surface area contributed by atoms with Crippen LogP contribution in [-0.2, 0) is 26.4 Å². The number of hydrogen-bond acceptors (Lipinski definition) is 8. The van der Waals surface area contributed by atoms with Crippen molar-refractivity contribution in [1.29, 1.82) is 0 Å². The Bertz CT molecular complexity index is 1060. The van der Waals surface area contributed by atoms with E-state index in [1.807, 2.05) is 0 Å². The lowest BCUT2D eigenvalue weighted by molar-refractivity contribution is 0.369. The third kappa shape index (κ3) is 4.86. The normalized spacial score (nSPS) is 11.8. The molecule has 0 heterocycles. The minimum Gasteiger partial charge on any atom is -0.496 e. The Kier molecular flexibility index (Phi) is 6.42. The molecule has 0 aliphatic carbocycles. The monoisotopic (exact) mass is 430 g/mol. The Balaban J connectivity index is 2.48. The molecule has 2 aromatic rings. The van der Waals surface area contributed by atoms with Crippen LogP contribution in [0.4, 0.5) is 5.69 Å². The second-order valence-electron chi connectivity index (χ2n) is 5.84. The molecule has 2 aromatic carbocycles. The predicted octanol–water partition coefficient (Wildman–Crippen LogP) is 1.38. The first kappa shape index (κ1) is 21.8. The summed E-state index contributed by atoms with van der Waals surface area (Å²) in [5.74, 6) is 1.49. The Morgan fingerprint density at radius 1 is 0.929 bits per heavy atom. The van der Waals surface area contributed by atoms with Crippen LogP contribution in [-0.4, -0.2) is 44.4 Å². The molecule has 0 atom stereocenters. The fraction of sp³-hybridized carbons (Fsp3) is 0.294. The van der Waals surface area contributed by atoms with Crippen LogP contribution in [0.1, 0.15) is 5.56 Å². The van der Waals surface area contributed by atoms with E-state index in [1.54, 1.807) is 12.1 Å². The van der Waals surface area contributed by atoms with E-state index in [4.69, 9.17) is 19.3 Å². The van der Waals surface area contributed by atoms with Gasteiger partial charge in [-0.2, -0.15) is 0 Å². The molecular weight excluding hydrogens is 408 g/mol. The number of anilines is 1. The molecule has 154 valence electrons. The van der Waals surface area contributed by atoms with Gasteiger partial charge in [0.1, 0.15) is 17.2 Å². The molecular formula is C17H22N2O7S2. The fourth-order valence-corrected chi connectivity index (χ4v) is 4.06. The smallest absolute Gasteiger partial charge is 0.238 e. The molecule has 2 rings (SSSR count). The van der Waals surface area contributed by atoms with Crippen LogP contribution in [0.2, 0.25) is 0 Å². The first-order valence-corrected chi connectivity index (χ1v) is 11.3. The lowest BCUT2D eigenvalue weighted by atomic mass is 10.1. The molecule has 3 N–H and O–H groups in total. The number of nitrogens with two attached hydrogens (primary N) is 1. The molecule has 11 heteroatoms. The fourth-order valence-electron chi connectivity index (χ4n) is 2.57. The van der Waals surface area contributed by atoms with Crippen molar-refractivity contribution in [3.8, 4) is 17.2 Å². The average Bonchev–Trinajstić information content (AvgIpc) is 2.63. The van der Waals surface area contributed by atoms with Crippen molar-refractivity contribution in [3.63, 3.8) is 0 Å². The third-order valence-electron chi connectivity index (χ3n) is 3.95. The summed E-state index contributed by atoms with van der Waals surface area (Å²) in [5, 5.41) is 8.09. The summed E-state index contributed by atoms with van der Waals surface area (Å²) in [6.07, 6.45) is 0.981. The minimum atomic E-state index is -4.04. The maximum Gasteiger partial charge on any atom is 0.238 e. The van der Waals surface area contributed by atoms with Gasteiger partial charge in [0, 0.05) is 24.9 Å². The topological polar surface area (TPSA) is 134 Å². The quantitative estimate of drug-likeness (QED) is 0.641. The summed E-state index contributed by atoms with van der Waals surface area (Å²) in [6.45, 7) is 0.146. The van der Waals surface area contributed by atoms with Crippen molar-refractivity contribution >= 4 is 25.5 Å². The van der Waals surface area contributed by atoms with E-state index in [-0.39, 0.29) is 22.0 Å². The van der Waals surface area contributed by atoms with Crippen molar-refractivity contribution < 1.29 is 31.0 Å². The van der Waals surface area contributed by atoms with Gasteiger partial charge in [-0.15, -0.1) is 0 Å². The van der Waals surface area contributed by atoms with Crippen molar-refractivity contribution in [1.82, 2.24) is 0 Å². The van der Waals surface area contributed by atoms with Crippen LogP contribution in [0.25, 0.3) is 0 Å². The number of primary sulfonamides is 1. The summed E-state index contributed by atoms with van der Waals surface area (Å²) in [6, 6.07) is 6.94. The van der Waals surface area contributed by atoms with E-state index in [2.05, 4.69) is 5.32 Å². The molecule has 0 aliphatic heterocycles. The van der Waals surface area contributed by atoms with Gasteiger partial charge in [-0.25, -0.2) is 22.0 Å². The van der Waals surface area contributed by atoms with Crippen LogP contribution < -0.4 is 24.7 Å². The zero-order chi connectivity index (χ0) is 21.1. The third-order valence-corrected chi connectivity index (χ3v) is 6.00. The molecule has 0 aromatic heterocycles. The molecule has 0 spiro atoms. The zero-order valence-corrected chi connectivity index (χ0v) is 17.5. The van der Waals surface area contributed by atoms with Crippen LogP contribution >= 0.6 is 0 Å². The summed E-state index contributed by atoms with van der Waals surface area (Å²) in [4.78, 5) is -0.483. The Morgan fingerprint density at radius 3 is 1.93 bits per heavy atom. The number of benzene rings is 2. The number of methoxy groups -OCH3 is 3. The van der Waals surface area contributed by atoms with Crippen LogP contribution in [0.5, 0.6) is 17.2 Å². The molecule has 0 bridgehead atoms. The second-order valence-corrected chi connectivity index (χ2v) is 9.38. The summed E-state index contributed by atoms with van der Waals surface area (Å²) >= 11 is 0. The molecule has 28 heavy (non-hydrogen) atoms. The summed E-state index contributed by atoms with van der Waals surface area (Å²) < 4.78 is 63.3. The first-order valence-electron chi connectivity index (χ1n) is 7.91. The molecule has 0 fully saturated rings. The molecule has 0 unspecified atom stereocenters. The van der Waals surface area contributed by atoms with Gasteiger partial charge in [0.2, 0.25) is 10.0 Å². The first-order chi connectivity index (χ1) is 13.0. The number of nitrogens with one attached hydrogen (secondary N) is 1. The number of ether oxygens (including phenoxy) is 3. The molecule has 0 aliphatic rings. The highest BCUT2D eigenvalue weighted by Gasteiger charge is 2.19. The highest BCUT2D eigenvalue weighted by molar-refractivity contribution is 7.91. The highest BCUT2D eigenvalue weighted by atomic mass is 32.2. The summed E-state index contributed by atoms with van der Waals surface area (Å²) in [5.41, 5.74) is 0.843. The van der Waals surface area contributed by atoms with Gasteiger partial charge in [-0.3, -0.25) is 0 Å². The molecule has 0 radical (unpaired) electrons. The molecule has 9 nitrogen and oxygen atoms in total. The second kappa shape index (κ2) is 8.25. The van der Waals surface area contributed by atoms with E-state index in [0.29, 0.717) is 22.8 Å². The van der Waals surface area contributed by atoms with Gasteiger partial charge >= 0.3 is 0 Å². The van der Waals surface area contributed by atoms with E-state index in [0.717, 1.165) is 12.3 Å². The van der Waals surface area contributed by atoms with Crippen molar-refractivity contribution in [2.75, 3.05) is 32.9 Å². The van der Waals surface area contributed by atoms with E-state index in [1.165, 1.54) is 33.5 Å². The van der Waals surface area contributed by atoms with E-state index in [9.17, 15) is 16.8 Å². The molecule has 0 saturated carbocycles. The maximum atomic E-state index is 12.1. The number of sulfone groups is 1. The number of rotatable bonds is 8. The Hall–Kier alpha value is -2.50. The lowest BCUT2D eigenvalue weighted by Crippen LogP contribution is -2.14. The molecule has 0 saturated heterocycles. The number of hydrogen-bond donors (Lipinski definition) is 2. The number of sulfonamides is 1. The van der Waals surface area contributed by atoms with Gasteiger partial charge in [0.25, 0.3) is 0 Å². The predicted molar refractivity (Wildman–Crippen MR) is 104 cm³/mol. The van der Waals surface area contributed by atoms with Crippen molar-refractivity contribution in [2.24, 2.45) is 5.14 Å². The largest absolute Gasteiger partial charge is 0.496 e. The van der Waals surface area contributed by atoms with Crippen LogP contribution in [0.15, 0.2) is 40.1 Å². The van der Waals surface area contributed by atoms with Crippen molar-refractivity contribution in [2.45, 2.75) is 16.3 Å². The Morgan fingerprint density at radius 2 is 1.50 bits per heavy atom. The average molecular weight is 431 g/mol.